The topological polar surface area (TPSA) is 70.7 Å². The summed E-state index contributed by atoms with van der Waals surface area (Å²) in [6.07, 6.45) is 3.29. The number of nitrogens with one attached hydrogen (secondary N) is 2. The molecule has 0 bridgehead atoms. The van der Waals surface area contributed by atoms with Gasteiger partial charge in [-0.25, -0.2) is 0 Å². The van der Waals surface area contributed by atoms with Gasteiger partial charge in [0.2, 0.25) is 0 Å². The molecular formula is C14H12N4O. The largest absolute Gasteiger partial charge is 0.320 e. The second-order valence-corrected chi connectivity index (χ2v) is 4.28. The molecule has 5 nitrogen and oxygen atoms in total. The lowest BCUT2D eigenvalue weighted by Gasteiger charge is -2.06. The highest BCUT2D eigenvalue weighted by Crippen LogP contribution is 2.20. The van der Waals surface area contributed by atoms with Gasteiger partial charge in [-0.3, -0.25) is 14.9 Å². The maximum absolute atomic E-state index is 12.1. The Bertz CT molecular complexity index is 731. The number of nitrogens with zero attached hydrogens (tertiary/aromatic N) is 2. The number of aromatic nitrogens is 3. The summed E-state index contributed by atoms with van der Waals surface area (Å²) >= 11 is 0. The van der Waals surface area contributed by atoms with Crippen LogP contribution in [-0.4, -0.2) is 21.1 Å². The SMILES string of the molecule is Cc1ccc(C(=O)Nc2cccc3cn[nH]c23)cn1. The van der Waals surface area contributed by atoms with Gasteiger partial charge >= 0.3 is 0 Å². The maximum Gasteiger partial charge on any atom is 0.257 e. The number of carbonyl (C=O) groups is 1. The number of H-pyrrole nitrogens is 1. The molecule has 0 spiro atoms. The van der Waals surface area contributed by atoms with E-state index in [1.165, 1.54) is 0 Å². The van der Waals surface area contributed by atoms with Gasteiger partial charge in [0, 0.05) is 17.3 Å². The summed E-state index contributed by atoms with van der Waals surface area (Å²) in [6, 6.07) is 9.21. The van der Waals surface area contributed by atoms with Gasteiger partial charge in [-0.1, -0.05) is 12.1 Å². The van der Waals surface area contributed by atoms with E-state index in [0.29, 0.717) is 11.3 Å². The van der Waals surface area contributed by atoms with Crippen LogP contribution >= 0.6 is 0 Å². The van der Waals surface area contributed by atoms with E-state index in [2.05, 4.69) is 20.5 Å². The first-order chi connectivity index (χ1) is 9.24. The number of para-hydroxylation sites is 1. The van der Waals surface area contributed by atoms with E-state index in [-0.39, 0.29) is 5.91 Å². The van der Waals surface area contributed by atoms with Crippen molar-refractivity contribution in [2.24, 2.45) is 0 Å². The third-order valence-corrected chi connectivity index (χ3v) is 2.90. The van der Waals surface area contributed by atoms with Gasteiger partial charge < -0.3 is 5.32 Å². The van der Waals surface area contributed by atoms with Crippen molar-refractivity contribution >= 4 is 22.5 Å². The Morgan fingerprint density at radius 1 is 1.21 bits per heavy atom. The first kappa shape index (κ1) is 11.4. The average Bonchev–Trinajstić information content (AvgIpc) is 2.89. The number of hydrogen-bond donors (Lipinski definition) is 2. The fourth-order valence-electron chi connectivity index (χ4n) is 1.87. The summed E-state index contributed by atoms with van der Waals surface area (Å²) in [4.78, 5) is 16.2. The van der Waals surface area contributed by atoms with Crippen molar-refractivity contribution in [3.63, 3.8) is 0 Å². The van der Waals surface area contributed by atoms with Gasteiger partial charge in [-0.2, -0.15) is 5.10 Å². The molecule has 0 atom stereocenters. The molecule has 0 fully saturated rings. The van der Waals surface area contributed by atoms with Crippen LogP contribution in [0, 0.1) is 6.92 Å². The zero-order valence-corrected chi connectivity index (χ0v) is 10.3. The number of carbonyl (C=O) groups excluding carboxylic acids is 1. The molecule has 3 rings (SSSR count). The van der Waals surface area contributed by atoms with E-state index in [0.717, 1.165) is 16.6 Å². The molecule has 0 unspecified atom stereocenters. The smallest absolute Gasteiger partial charge is 0.257 e. The highest BCUT2D eigenvalue weighted by molar-refractivity contribution is 6.08. The number of fused-ring (bicyclic) bond motifs is 1. The molecule has 0 aliphatic carbocycles. The number of aryl methyl sites for hydroxylation is 1. The Balaban J connectivity index is 1.90. The van der Waals surface area contributed by atoms with Gasteiger partial charge in [0.1, 0.15) is 0 Å². The second-order valence-electron chi connectivity index (χ2n) is 4.28. The predicted molar refractivity (Wildman–Crippen MR) is 73.0 cm³/mol. The molecule has 3 aromatic rings. The van der Waals surface area contributed by atoms with Crippen LogP contribution in [0.15, 0.2) is 42.7 Å². The fourth-order valence-corrected chi connectivity index (χ4v) is 1.87. The van der Waals surface area contributed by atoms with Crippen molar-refractivity contribution in [2.45, 2.75) is 6.92 Å². The molecule has 1 amide bonds. The molecular weight excluding hydrogens is 240 g/mol. The molecule has 0 aliphatic rings. The summed E-state index contributed by atoms with van der Waals surface area (Å²) in [5.74, 6) is -0.186. The summed E-state index contributed by atoms with van der Waals surface area (Å²) < 4.78 is 0. The van der Waals surface area contributed by atoms with E-state index >= 15 is 0 Å². The van der Waals surface area contributed by atoms with E-state index in [1.54, 1.807) is 18.5 Å². The Kier molecular flexibility index (Phi) is 2.72. The van der Waals surface area contributed by atoms with Gasteiger partial charge in [0.25, 0.3) is 5.91 Å². The van der Waals surface area contributed by atoms with Gasteiger partial charge in [-0.15, -0.1) is 0 Å². The summed E-state index contributed by atoms with van der Waals surface area (Å²) in [7, 11) is 0. The van der Waals surface area contributed by atoms with Gasteiger partial charge in [0.15, 0.2) is 0 Å². The third kappa shape index (κ3) is 2.18. The minimum absolute atomic E-state index is 0.186. The minimum atomic E-state index is -0.186. The lowest BCUT2D eigenvalue weighted by molar-refractivity contribution is 0.102. The number of anilines is 1. The Hall–Kier alpha value is -2.69. The fraction of sp³-hybridized carbons (Fsp3) is 0.0714. The normalized spacial score (nSPS) is 10.6. The predicted octanol–water partition coefficient (Wildman–Crippen LogP) is 2.52. The van der Waals surface area contributed by atoms with E-state index in [4.69, 9.17) is 0 Å². The molecule has 1 aromatic carbocycles. The van der Waals surface area contributed by atoms with Crippen molar-refractivity contribution in [1.82, 2.24) is 15.2 Å². The van der Waals surface area contributed by atoms with Crippen molar-refractivity contribution in [1.29, 1.82) is 0 Å². The van der Waals surface area contributed by atoms with Crippen LogP contribution in [0.25, 0.3) is 10.9 Å². The average molecular weight is 252 g/mol. The molecule has 0 radical (unpaired) electrons. The number of aromatic amines is 1. The number of hydrogen-bond acceptors (Lipinski definition) is 3. The van der Waals surface area contributed by atoms with Crippen LogP contribution in [0.5, 0.6) is 0 Å². The van der Waals surface area contributed by atoms with Crippen LogP contribution in [0.4, 0.5) is 5.69 Å². The van der Waals surface area contributed by atoms with Crippen LogP contribution < -0.4 is 5.32 Å². The monoisotopic (exact) mass is 252 g/mol. The first-order valence-electron chi connectivity index (χ1n) is 5.90. The van der Waals surface area contributed by atoms with E-state index in [1.807, 2.05) is 31.2 Å². The molecule has 0 aliphatic heterocycles. The van der Waals surface area contributed by atoms with Crippen LogP contribution in [0.1, 0.15) is 16.1 Å². The van der Waals surface area contributed by atoms with Crippen molar-refractivity contribution in [3.05, 3.63) is 54.0 Å². The maximum atomic E-state index is 12.1. The highest BCUT2D eigenvalue weighted by atomic mass is 16.1. The number of pyridine rings is 1. The highest BCUT2D eigenvalue weighted by Gasteiger charge is 2.09. The molecule has 19 heavy (non-hydrogen) atoms. The van der Waals surface area contributed by atoms with Gasteiger partial charge in [-0.05, 0) is 25.1 Å². The first-order valence-corrected chi connectivity index (χ1v) is 5.90. The van der Waals surface area contributed by atoms with Crippen molar-refractivity contribution in [2.75, 3.05) is 5.32 Å². The van der Waals surface area contributed by atoms with Crippen molar-refractivity contribution < 1.29 is 4.79 Å². The van der Waals surface area contributed by atoms with Crippen LogP contribution in [0.2, 0.25) is 0 Å². The van der Waals surface area contributed by atoms with E-state index in [9.17, 15) is 4.79 Å². The lowest BCUT2D eigenvalue weighted by atomic mass is 10.2. The minimum Gasteiger partial charge on any atom is -0.320 e. The Labute approximate surface area is 109 Å². The summed E-state index contributed by atoms with van der Waals surface area (Å²) in [6.45, 7) is 1.88. The molecule has 2 aromatic heterocycles. The van der Waals surface area contributed by atoms with Crippen LogP contribution in [0.3, 0.4) is 0 Å². The summed E-state index contributed by atoms with van der Waals surface area (Å²) in [5, 5.41) is 10.7. The van der Waals surface area contributed by atoms with Gasteiger partial charge in [0.05, 0.1) is 23.0 Å². The molecule has 5 heteroatoms. The zero-order chi connectivity index (χ0) is 13.2. The third-order valence-electron chi connectivity index (χ3n) is 2.90. The Morgan fingerprint density at radius 3 is 2.89 bits per heavy atom. The molecule has 0 saturated heterocycles. The van der Waals surface area contributed by atoms with Crippen LogP contribution in [-0.2, 0) is 0 Å². The zero-order valence-electron chi connectivity index (χ0n) is 10.3. The Morgan fingerprint density at radius 2 is 2.11 bits per heavy atom. The van der Waals surface area contributed by atoms with Crippen molar-refractivity contribution in [3.8, 4) is 0 Å². The molecule has 0 saturated carbocycles. The standard InChI is InChI=1S/C14H12N4O/c1-9-5-6-11(7-15-9)14(19)17-12-4-2-3-10-8-16-18-13(10)12/h2-8H,1H3,(H,16,18)(H,17,19). The molecule has 94 valence electrons. The number of amides is 1. The second kappa shape index (κ2) is 4.53. The molecule has 2 heterocycles. The number of benzene rings is 1. The molecule has 2 N–H and O–H groups in total. The lowest BCUT2D eigenvalue weighted by Crippen LogP contribution is -2.12. The van der Waals surface area contributed by atoms with E-state index < -0.39 is 0 Å². The quantitative estimate of drug-likeness (QED) is 0.736. The number of rotatable bonds is 2. The summed E-state index contributed by atoms with van der Waals surface area (Å²) in [5.41, 5.74) is 2.94.